The third kappa shape index (κ3) is 11.2. The summed E-state index contributed by atoms with van der Waals surface area (Å²) in [7, 11) is 0. The Morgan fingerprint density at radius 2 is 1.68 bits per heavy atom. The first-order chi connectivity index (χ1) is 20.6. The van der Waals surface area contributed by atoms with E-state index in [0.717, 1.165) is 16.0 Å². The fourth-order valence-corrected chi connectivity index (χ4v) is 5.02. The smallest absolute Gasteiger partial charge is 0.308 e. The molecule has 13 nitrogen and oxygen atoms in total. The van der Waals surface area contributed by atoms with Crippen LogP contribution in [0.3, 0.4) is 0 Å². The van der Waals surface area contributed by atoms with Gasteiger partial charge in [0.15, 0.2) is 0 Å². The number of unbranched alkanes of at least 4 members (excludes halogenated alkanes) is 1. The largest absolute Gasteiger partial charge is 0.481 e. The van der Waals surface area contributed by atoms with E-state index in [4.69, 9.17) is 9.84 Å². The number of aryl methyl sites for hydroxylation is 1. The van der Waals surface area contributed by atoms with E-state index in [1.54, 1.807) is 45.9 Å². The van der Waals surface area contributed by atoms with E-state index in [-0.39, 0.29) is 37.3 Å². The lowest BCUT2D eigenvalue weighted by Gasteiger charge is -2.25. The number of anilines is 1. The summed E-state index contributed by atoms with van der Waals surface area (Å²) in [6.07, 6.45) is 1.57. The minimum atomic E-state index is -1.02. The van der Waals surface area contributed by atoms with E-state index in [2.05, 4.69) is 16.0 Å². The third-order valence-corrected chi connectivity index (χ3v) is 7.88. The van der Waals surface area contributed by atoms with E-state index >= 15 is 0 Å². The van der Waals surface area contributed by atoms with Crippen molar-refractivity contribution in [3.63, 3.8) is 0 Å². The van der Waals surface area contributed by atoms with E-state index < -0.39 is 58.1 Å². The van der Waals surface area contributed by atoms with Gasteiger partial charge in [-0.3, -0.25) is 38.5 Å². The molecule has 0 aromatic heterocycles. The molecule has 242 valence electrons. The highest BCUT2D eigenvalue weighted by molar-refractivity contribution is 14.1. The lowest BCUT2D eigenvalue weighted by Crippen LogP contribution is -2.55. The molecule has 14 heteroatoms. The molecular weight excluding hydrogens is 687 g/mol. The summed E-state index contributed by atoms with van der Waals surface area (Å²) in [5, 5.41) is 16.8. The zero-order valence-corrected chi connectivity index (χ0v) is 27.8. The number of nitrogens with one attached hydrogen (secondary N) is 3. The summed E-state index contributed by atoms with van der Waals surface area (Å²) in [5.74, 6) is -4.60. The van der Waals surface area contributed by atoms with Gasteiger partial charge >= 0.3 is 11.9 Å². The van der Waals surface area contributed by atoms with Gasteiger partial charge in [0.1, 0.15) is 25.2 Å². The molecule has 1 aliphatic heterocycles. The number of aliphatic carboxylic acids is 1. The summed E-state index contributed by atoms with van der Waals surface area (Å²) in [6.45, 7) is 7.90. The van der Waals surface area contributed by atoms with Gasteiger partial charge in [-0.25, -0.2) is 0 Å². The monoisotopic (exact) mass is 728 g/mol. The van der Waals surface area contributed by atoms with Crippen molar-refractivity contribution in [3.05, 3.63) is 29.3 Å². The molecule has 1 saturated heterocycles. The molecule has 1 aliphatic rings. The van der Waals surface area contributed by atoms with Crippen molar-refractivity contribution in [2.45, 2.75) is 89.3 Å². The number of alkyl halides is 1. The fraction of sp³-hybridized carbons (Fsp3) is 0.567. The zero-order chi connectivity index (χ0) is 33.1. The average Bonchev–Trinajstić information content (AvgIpc) is 3.18. The Labute approximate surface area is 270 Å². The molecule has 0 aliphatic carbocycles. The highest BCUT2D eigenvalue weighted by atomic mass is 127. The van der Waals surface area contributed by atoms with E-state index in [0.29, 0.717) is 24.9 Å². The topological polar surface area (TPSA) is 188 Å². The minimum absolute atomic E-state index is 0.0218. The number of hydrogen-bond acceptors (Lipinski definition) is 8. The molecule has 0 radical (unpaired) electrons. The number of amides is 5. The predicted molar refractivity (Wildman–Crippen MR) is 168 cm³/mol. The van der Waals surface area contributed by atoms with Crippen molar-refractivity contribution in [2.75, 3.05) is 11.9 Å². The number of esters is 1. The molecule has 1 aromatic rings. The number of hydrogen-bond donors (Lipinski definition) is 4. The molecule has 1 fully saturated rings. The maximum Gasteiger partial charge on any atom is 0.308 e. The summed E-state index contributed by atoms with van der Waals surface area (Å²) in [5.41, 5.74) is 1.95. The molecule has 4 N–H and O–H groups in total. The van der Waals surface area contributed by atoms with Crippen LogP contribution in [-0.2, 0) is 51.3 Å². The summed E-state index contributed by atoms with van der Waals surface area (Å²) < 4.78 is 4.84. The van der Waals surface area contributed by atoms with Crippen molar-refractivity contribution >= 4 is 69.8 Å². The second-order valence-corrected chi connectivity index (χ2v) is 12.8. The van der Waals surface area contributed by atoms with Gasteiger partial charge in [0.05, 0.1) is 9.84 Å². The zero-order valence-electron chi connectivity index (χ0n) is 25.6. The summed E-state index contributed by atoms with van der Waals surface area (Å²) in [6, 6.07) is 3.08. The van der Waals surface area contributed by atoms with Crippen LogP contribution in [0.25, 0.3) is 0 Å². The molecule has 1 unspecified atom stereocenters. The second-order valence-electron chi connectivity index (χ2n) is 11.3. The Hall–Kier alpha value is -3.56. The number of likely N-dealkylation sites (tertiary alicyclic amines) is 1. The normalized spacial score (nSPS) is 16.1. The predicted octanol–water partition coefficient (Wildman–Crippen LogP) is 2.33. The van der Waals surface area contributed by atoms with Crippen molar-refractivity contribution in [1.82, 2.24) is 15.5 Å². The molecule has 44 heavy (non-hydrogen) atoms. The first-order valence-corrected chi connectivity index (χ1v) is 15.7. The molecule has 0 bridgehead atoms. The molecule has 0 spiro atoms. The second kappa shape index (κ2) is 17.1. The van der Waals surface area contributed by atoms with Crippen LogP contribution in [0.4, 0.5) is 5.69 Å². The Kier molecular flexibility index (Phi) is 14.2. The number of carbonyl (C=O) groups is 7. The maximum atomic E-state index is 13.0. The van der Waals surface area contributed by atoms with Crippen LogP contribution in [0.1, 0.15) is 71.4 Å². The SMILES string of the molecule is CC(C)C(=O)OCc1ccc(NC(=O)[C@H](C)NC(=O)[C@@H](NC(=O)CN2C(=O)CC(I)C2=O)C(C)C)cc1CCCCC(=O)O. The maximum absolute atomic E-state index is 13.0. The van der Waals surface area contributed by atoms with Gasteiger partial charge in [-0.05, 0) is 55.4 Å². The number of carboxylic acids is 1. The molecule has 2 rings (SSSR count). The quantitative estimate of drug-likeness (QED) is 0.0652. The van der Waals surface area contributed by atoms with Crippen molar-refractivity contribution in [3.8, 4) is 0 Å². The highest BCUT2D eigenvalue weighted by Crippen LogP contribution is 2.21. The number of carbonyl (C=O) groups excluding carboxylic acids is 6. The average molecular weight is 729 g/mol. The first-order valence-electron chi connectivity index (χ1n) is 14.5. The Bertz CT molecular complexity index is 1270. The number of ether oxygens (including phenoxy) is 1. The number of benzene rings is 1. The van der Waals surface area contributed by atoms with Gasteiger partial charge in [-0.1, -0.05) is 56.4 Å². The molecule has 1 aromatic carbocycles. The number of halogens is 1. The fourth-order valence-electron chi connectivity index (χ4n) is 4.31. The highest BCUT2D eigenvalue weighted by Gasteiger charge is 2.38. The molecule has 0 saturated carbocycles. The summed E-state index contributed by atoms with van der Waals surface area (Å²) in [4.78, 5) is 86.5. The van der Waals surface area contributed by atoms with Gasteiger partial charge in [0.25, 0.3) is 0 Å². The van der Waals surface area contributed by atoms with Crippen molar-refractivity contribution < 1.29 is 43.4 Å². The first kappa shape index (κ1) is 36.6. The number of carboxylic acid groups (broad SMARTS) is 1. The molecule has 5 amide bonds. The Balaban J connectivity index is 2.05. The summed E-state index contributed by atoms with van der Waals surface area (Å²) >= 11 is 1.85. The van der Waals surface area contributed by atoms with E-state index in [1.807, 2.05) is 22.6 Å². The molecule has 3 atom stereocenters. The van der Waals surface area contributed by atoms with Crippen LogP contribution < -0.4 is 16.0 Å². The number of nitrogens with zero attached hydrogens (tertiary/aromatic N) is 1. The van der Waals surface area contributed by atoms with Gasteiger partial charge in [-0.15, -0.1) is 0 Å². The van der Waals surface area contributed by atoms with E-state index in [9.17, 15) is 33.6 Å². The van der Waals surface area contributed by atoms with Crippen molar-refractivity contribution in [1.29, 1.82) is 0 Å². The van der Waals surface area contributed by atoms with Gasteiger partial charge in [-0.2, -0.15) is 0 Å². The van der Waals surface area contributed by atoms with Crippen molar-refractivity contribution in [2.24, 2.45) is 11.8 Å². The number of imide groups is 1. The lowest BCUT2D eigenvalue weighted by molar-refractivity contribution is -0.148. The van der Waals surface area contributed by atoms with Crippen LogP contribution in [-0.4, -0.2) is 74.0 Å². The van der Waals surface area contributed by atoms with Gasteiger partial charge < -0.3 is 25.8 Å². The lowest BCUT2D eigenvalue weighted by atomic mass is 10.0. The van der Waals surface area contributed by atoms with Gasteiger partial charge in [0.2, 0.25) is 29.5 Å². The van der Waals surface area contributed by atoms with Crippen LogP contribution in [0.2, 0.25) is 0 Å². The molecular formula is C30H41IN4O9. The van der Waals surface area contributed by atoms with Gasteiger partial charge in [0, 0.05) is 18.5 Å². The van der Waals surface area contributed by atoms with Crippen LogP contribution in [0.5, 0.6) is 0 Å². The minimum Gasteiger partial charge on any atom is -0.481 e. The molecule has 1 heterocycles. The standard InChI is InChI=1S/C30H41IN4O9/c1-16(2)26(34-23(36)14-35-24(37)13-22(31)29(35)42)28(41)32-18(5)27(40)33-21-11-10-20(15-44-30(43)17(3)4)19(12-21)8-6-7-9-25(38)39/h10-12,16-18,22,26H,6-9,13-15H2,1-5H3,(H,32,41)(H,33,40)(H,34,36)(H,38,39)/t18-,22?,26-/m0/s1. The third-order valence-electron chi connectivity index (χ3n) is 6.91. The van der Waals surface area contributed by atoms with Crippen LogP contribution in [0, 0.1) is 11.8 Å². The van der Waals surface area contributed by atoms with Crippen LogP contribution >= 0.6 is 22.6 Å². The van der Waals surface area contributed by atoms with E-state index in [1.165, 1.54) is 6.92 Å². The Morgan fingerprint density at radius 1 is 1.00 bits per heavy atom. The Morgan fingerprint density at radius 3 is 2.25 bits per heavy atom. The van der Waals surface area contributed by atoms with Crippen LogP contribution in [0.15, 0.2) is 18.2 Å². The number of rotatable bonds is 16.